The van der Waals surface area contributed by atoms with Gasteiger partial charge in [-0.25, -0.2) is 4.39 Å². The molecule has 2 atom stereocenters. The van der Waals surface area contributed by atoms with Crippen molar-refractivity contribution in [1.82, 2.24) is 5.32 Å². The van der Waals surface area contributed by atoms with Crippen LogP contribution in [0.5, 0.6) is 0 Å². The van der Waals surface area contributed by atoms with Crippen LogP contribution in [0.4, 0.5) is 4.39 Å². The van der Waals surface area contributed by atoms with E-state index in [4.69, 9.17) is 0 Å². The Morgan fingerprint density at radius 2 is 2.25 bits per heavy atom. The minimum Gasteiger partial charge on any atom is -0.317 e. The van der Waals surface area contributed by atoms with Crippen molar-refractivity contribution in [1.29, 1.82) is 0 Å². The molecule has 1 nitrogen and oxygen atoms in total. The predicted octanol–water partition coefficient (Wildman–Crippen LogP) is 3.45. The van der Waals surface area contributed by atoms with Gasteiger partial charge in [-0.1, -0.05) is 12.5 Å². The Morgan fingerprint density at radius 1 is 1.38 bits per heavy atom. The molecular weight excluding hydrogens is 221 g/mol. The third kappa shape index (κ3) is 3.22. The number of hydrogen-bond donors (Lipinski definition) is 1. The van der Waals surface area contributed by atoms with Gasteiger partial charge >= 0.3 is 0 Å². The van der Waals surface area contributed by atoms with Gasteiger partial charge in [-0.15, -0.1) is 11.8 Å². The van der Waals surface area contributed by atoms with Crippen molar-refractivity contribution in [2.45, 2.75) is 41.9 Å². The minimum absolute atomic E-state index is 0.133. The van der Waals surface area contributed by atoms with Crippen molar-refractivity contribution in [3.8, 4) is 0 Å². The van der Waals surface area contributed by atoms with E-state index in [0.717, 1.165) is 4.90 Å². The van der Waals surface area contributed by atoms with Gasteiger partial charge in [0.25, 0.3) is 0 Å². The van der Waals surface area contributed by atoms with Crippen LogP contribution in [0, 0.1) is 5.82 Å². The lowest BCUT2D eigenvalue weighted by Gasteiger charge is -2.28. The standard InChI is InChI=1S/C13H18FNS/c1-15-11-5-3-7-13(9-11)16-12-6-2-4-10(14)8-12/h2,4,6,8,11,13,15H,3,5,7,9H2,1H3. The Bertz CT molecular complexity index is 342. The Labute approximate surface area is 101 Å². The van der Waals surface area contributed by atoms with E-state index in [9.17, 15) is 4.39 Å². The Balaban J connectivity index is 1.94. The molecule has 1 aliphatic rings. The molecule has 0 radical (unpaired) electrons. The number of hydrogen-bond acceptors (Lipinski definition) is 2. The van der Waals surface area contributed by atoms with Crippen LogP contribution in [-0.2, 0) is 0 Å². The van der Waals surface area contributed by atoms with Gasteiger partial charge < -0.3 is 5.32 Å². The first-order valence-electron chi connectivity index (χ1n) is 5.87. The van der Waals surface area contributed by atoms with Crippen molar-refractivity contribution in [3.05, 3.63) is 30.1 Å². The summed E-state index contributed by atoms with van der Waals surface area (Å²) in [7, 11) is 2.03. The van der Waals surface area contributed by atoms with E-state index >= 15 is 0 Å². The summed E-state index contributed by atoms with van der Waals surface area (Å²) in [5.74, 6) is -0.133. The fourth-order valence-electron chi connectivity index (χ4n) is 2.25. The second-order valence-corrected chi connectivity index (χ2v) is 5.72. The van der Waals surface area contributed by atoms with Gasteiger partial charge in [0.2, 0.25) is 0 Å². The van der Waals surface area contributed by atoms with Gasteiger partial charge in [0.1, 0.15) is 5.82 Å². The molecule has 1 aromatic carbocycles. The molecule has 2 rings (SSSR count). The van der Waals surface area contributed by atoms with Crippen LogP contribution >= 0.6 is 11.8 Å². The van der Waals surface area contributed by atoms with Crippen molar-refractivity contribution < 1.29 is 4.39 Å². The van der Waals surface area contributed by atoms with Crippen LogP contribution in [0.15, 0.2) is 29.2 Å². The van der Waals surface area contributed by atoms with Gasteiger partial charge in [0.05, 0.1) is 0 Å². The topological polar surface area (TPSA) is 12.0 Å². The maximum atomic E-state index is 13.0. The van der Waals surface area contributed by atoms with Crippen molar-refractivity contribution in [3.63, 3.8) is 0 Å². The Morgan fingerprint density at radius 3 is 3.00 bits per heavy atom. The summed E-state index contributed by atoms with van der Waals surface area (Å²) in [5.41, 5.74) is 0. The number of benzene rings is 1. The van der Waals surface area contributed by atoms with E-state index in [0.29, 0.717) is 11.3 Å². The van der Waals surface area contributed by atoms with E-state index in [2.05, 4.69) is 5.32 Å². The van der Waals surface area contributed by atoms with Crippen LogP contribution in [0.2, 0.25) is 0 Å². The summed E-state index contributed by atoms with van der Waals surface area (Å²) < 4.78 is 13.0. The van der Waals surface area contributed by atoms with E-state index in [1.54, 1.807) is 12.1 Å². The molecule has 3 heteroatoms. The summed E-state index contributed by atoms with van der Waals surface area (Å²) in [6, 6.07) is 7.56. The van der Waals surface area contributed by atoms with Crippen molar-refractivity contribution in [2.75, 3.05) is 7.05 Å². The maximum Gasteiger partial charge on any atom is 0.124 e. The average molecular weight is 239 g/mol. The molecule has 1 N–H and O–H groups in total. The first-order valence-corrected chi connectivity index (χ1v) is 6.75. The minimum atomic E-state index is -0.133. The summed E-state index contributed by atoms with van der Waals surface area (Å²) in [6.45, 7) is 0. The molecule has 0 bridgehead atoms. The van der Waals surface area contributed by atoms with Gasteiger partial charge in [-0.3, -0.25) is 0 Å². The van der Waals surface area contributed by atoms with E-state index in [1.807, 2.05) is 24.9 Å². The quantitative estimate of drug-likeness (QED) is 0.867. The molecule has 88 valence electrons. The van der Waals surface area contributed by atoms with Crippen LogP contribution in [-0.4, -0.2) is 18.3 Å². The maximum absolute atomic E-state index is 13.0. The number of nitrogens with one attached hydrogen (secondary N) is 1. The zero-order chi connectivity index (χ0) is 11.4. The molecule has 1 fully saturated rings. The summed E-state index contributed by atoms with van der Waals surface area (Å²) in [4.78, 5) is 1.06. The van der Waals surface area contributed by atoms with Gasteiger partial charge in [0, 0.05) is 16.2 Å². The molecule has 0 aromatic heterocycles. The molecular formula is C13H18FNS. The summed E-state index contributed by atoms with van der Waals surface area (Å²) in [5, 5.41) is 3.98. The zero-order valence-corrected chi connectivity index (χ0v) is 10.4. The van der Waals surface area contributed by atoms with Gasteiger partial charge in [-0.05, 0) is 44.5 Å². The van der Waals surface area contributed by atoms with Crippen LogP contribution < -0.4 is 5.32 Å². The lowest BCUT2D eigenvalue weighted by molar-refractivity contribution is 0.402. The molecule has 2 unspecified atom stereocenters. The second kappa shape index (κ2) is 5.69. The first kappa shape index (κ1) is 11.9. The van der Waals surface area contributed by atoms with Crippen LogP contribution in [0.1, 0.15) is 25.7 Å². The highest BCUT2D eigenvalue weighted by atomic mass is 32.2. The van der Waals surface area contributed by atoms with E-state index in [-0.39, 0.29) is 5.82 Å². The van der Waals surface area contributed by atoms with E-state index in [1.165, 1.54) is 31.7 Å². The zero-order valence-electron chi connectivity index (χ0n) is 9.58. The van der Waals surface area contributed by atoms with Crippen LogP contribution in [0.25, 0.3) is 0 Å². The molecule has 0 heterocycles. The Hall–Kier alpha value is -0.540. The number of thioether (sulfide) groups is 1. The monoisotopic (exact) mass is 239 g/mol. The largest absolute Gasteiger partial charge is 0.317 e. The average Bonchev–Trinajstić information content (AvgIpc) is 2.29. The van der Waals surface area contributed by atoms with Crippen molar-refractivity contribution >= 4 is 11.8 Å². The third-order valence-corrected chi connectivity index (χ3v) is 4.42. The highest BCUT2D eigenvalue weighted by Gasteiger charge is 2.21. The molecule has 0 aliphatic heterocycles. The molecule has 1 aliphatic carbocycles. The highest BCUT2D eigenvalue weighted by molar-refractivity contribution is 8.00. The molecule has 1 aromatic rings. The lowest BCUT2D eigenvalue weighted by atomic mass is 9.95. The van der Waals surface area contributed by atoms with Crippen LogP contribution in [0.3, 0.4) is 0 Å². The smallest absolute Gasteiger partial charge is 0.124 e. The third-order valence-electron chi connectivity index (χ3n) is 3.13. The molecule has 0 saturated heterocycles. The predicted molar refractivity (Wildman–Crippen MR) is 67.4 cm³/mol. The Kier molecular flexibility index (Phi) is 4.24. The normalized spacial score (nSPS) is 25.6. The summed E-state index contributed by atoms with van der Waals surface area (Å²) >= 11 is 1.82. The fourth-order valence-corrected chi connectivity index (χ4v) is 3.58. The number of rotatable bonds is 3. The lowest BCUT2D eigenvalue weighted by Crippen LogP contribution is -2.32. The summed E-state index contributed by atoms with van der Waals surface area (Å²) in [6.07, 6.45) is 4.99. The SMILES string of the molecule is CNC1CCCC(Sc2cccc(F)c2)C1. The van der Waals surface area contributed by atoms with Gasteiger partial charge in [-0.2, -0.15) is 0 Å². The fraction of sp³-hybridized carbons (Fsp3) is 0.538. The number of halogens is 1. The molecule has 16 heavy (non-hydrogen) atoms. The molecule has 0 amide bonds. The first-order chi connectivity index (χ1) is 7.78. The molecule has 1 saturated carbocycles. The van der Waals surface area contributed by atoms with Crippen molar-refractivity contribution in [2.24, 2.45) is 0 Å². The van der Waals surface area contributed by atoms with E-state index < -0.39 is 0 Å². The molecule has 0 spiro atoms. The highest BCUT2D eigenvalue weighted by Crippen LogP contribution is 2.33. The second-order valence-electron chi connectivity index (χ2n) is 4.35. The van der Waals surface area contributed by atoms with Gasteiger partial charge in [0.15, 0.2) is 0 Å².